The van der Waals surface area contributed by atoms with Gasteiger partial charge in [-0.2, -0.15) is 0 Å². The van der Waals surface area contributed by atoms with Crippen LogP contribution in [0.3, 0.4) is 0 Å². The van der Waals surface area contributed by atoms with E-state index < -0.39 is 0 Å². The molecule has 0 aromatic rings. The highest BCUT2D eigenvalue weighted by Crippen LogP contribution is 2.18. The zero-order chi connectivity index (χ0) is 13.7. The molecule has 0 saturated carbocycles. The molecule has 0 bridgehead atoms. The number of carbonyl (C=O) groups is 1. The first-order chi connectivity index (χ1) is 9.16. The van der Waals surface area contributed by atoms with E-state index in [4.69, 9.17) is 0 Å². The standard InChI is InChI=1S/C15H29N3O/c1-13(14-7-6-8-17(2)12-14)16-11-15(19)18-9-4-3-5-10-18/h13-14,16H,3-12H2,1-2H3. The summed E-state index contributed by atoms with van der Waals surface area (Å²) in [6.07, 6.45) is 6.20. The number of piperidine rings is 2. The van der Waals surface area contributed by atoms with E-state index in [9.17, 15) is 4.79 Å². The number of amides is 1. The van der Waals surface area contributed by atoms with E-state index in [1.165, 1.54) is 38.6 Å². The Kier molecular flexibility index (Phi) is 5.64. The maximum absolute atomic E-state index is 12.1. The van der Waals surface area contributed by atoms with Gasteiger partial charge in [-0.3, -0.25) is 4.79 Å². The van der Waals surface area contributed by atoms with Crippen molar-refractivity contribution in [2.24, 2.45) is 5.92 Å². The van der Waals surface area contributed by atoms with Crippen molar-refractivity contribution in [1.82, 2.24) is 15.1 Å². The van der Waals surface area contributed by atoms with Gasteiger partial charge in [0.2, 0.25) is 5.91 Å². The van der Waals surface area contributed by atoms with Crippen LogP contribution in [0.25, 0.3) is 0 Å². The molecule has 0 spiro atoms. The van der Waals surface area contributed by atoms with Gasteiger partial charge in [0, 0.05) is 25.7 Å². The highest BCUT2D eigenvalue weighted by Gasteiger charge is 2.24. The van der Waals surface area contributed by atoms with E-state index in [-0.39, 0.29) is 5.91 Å². The molecule has 0 radical (unpaired) electrons. The fourth-order valence-corrected chi connectivity index (χ4v) is 3.28. The number of carbonyl (C=O) groups excluding carboxylic acids is 1. The molecule has 2 aliphatic rings. The number of hydrogen-bond acceptors (Lipinski definition) is 3. The van der Waals surface area contributed by atoms with Crippen LogP contribution in [0.1, 0.15) is 39.0 Å². The van der Waals surface area contributed by atoms with Crippen molar-refractivity contribution in [2.45, 2.75) is 45.1 Å². The molecule has 2 atom stereocenters. The quantitative estimate of drug-likeness (QED) is 0.834. The largest absolute Gasteiger partial charge is 0.342 e. The first-order valence-electron chi connectivity index (χ1n) is 7.86. The molecule has 0 aliphatic carbocycles. The average molecular weight is 267 g/mol. The maximum Gasteiger partial charge on any atom is 0.236 e. The SMILES string of the molecule is CC(NCC(=O)N1CCCCC1)C1CCCN(C)C1. The van der Waals surface area contributed by atoms with Crippen LogP contribution in [0, 0.1) is 5.92 Å². The molecule has 2 saturated heterocycles. The lowest BCUT2D eigenvalue weighted by Crippen LogP contribution is -2.47. The van der Waals surface area contributed by atoms with Crippen molar-refractivity contribution >= 4 is 5.91 Å². The van der Waals surface area contributed by atoms with Crippen molar-refractivity contribution < 1.29 is 4.79 Å². The van der Waals surface area contributed by atoms with Gasteiger partial charge in [-0.25, -0.2) is 0 Å². The molecule has 4 nitrogen and oxygen atoms in total. The fraction of sp³-hybridized carbons (Fsp3) is 0.933. The molecular weight excluding hydrogens is 238 g/mol. The summed E-state index contributed by atoms with van der Waals surface area (Å²) in [4.78, 5) is 16.5. The van der Waals surface area contributed by atoms with Crippen LogP contribution in [0.15, 0.2) is 0 Å². The van der Waals surface area contributed by atoms with Crippen molar-refractivity contribution in [3.63, 3.8) is 0 Å². The number of nitrogens with zero attached hydrogens (tertiary/aromatic N) is 2. The Labute approximate surface area is 117 Å². The smallest absolute Gasteiger partial charge is 0.236 e. The lowest BCUT2D eigenvalue weighted by molar-refractivity contribution is -0.131. The Bertz CT molecular complexity index is 289. The first-order valence-corrected chi connectivity index (χ1v) is 7.86. The van der Waals surface area contributed by atoms with Crippen LogP contribution in [0.5, 0.6) is 0 Å². The van der Waals surface area contributed by atoms with Gasteiger partial charge in [-0.15, -0.1) is 0 Å². The Morgan fingerprint density at radius 2 is 1.95 bits per heavy atom. The second kappa shape index (κ2) is 7.25. The minimum Gasteiger partial charge on any atom is -0.342 e. The van der Waals surface area contributed by atoms with Gasteiger partial charge in [-0.05, 0) is 58.5 Å². The third-order valence-corrected chi connectivity index (χ3v) is 4.65. The Morgan fingerprint density at radius 1 is 1.21 bits per heavy atom. The molecule has 110 valence electrons. The minimum atomic E-state index is 0.288. The zero-order valence-electron chi connectivity index (χ0n) is 12.5. The van der Waals surface area contributed by atoms with Gasteiger partial charge in [0.05, 0.1) is 6.54 Å². The van der Waals surface area contributed by atoms with Crippen LogP contribution < -0.4 is 5.32 Å². The summed E-state index contributed by atoms with van der Waals surface area (Å²) in [7, 11) is 2.19. The molecule has 2 fully saturated rings. The van der Waals surface area contributed by atoms with E-state index in [1.54, 1.807) is 0 Å². The van der Waals surface area contributed by atoms with Crippen molar-refractivity contribution in [1.29, 1.82) is 0 Å². The van der Waals surface area contributed by atoms with Gasteiger partial charge in [0.25, 0.3) is 0 Å². The third kappa shape index (κ3) is 4.46. The second-order valence-corrected chi connectivity index (χ2v) is 6.28. The molecule has 19 heavy (non-hydrogen) atoms. The van der Waals surface area contributed by atoms with Crippen molar-refractivity contribution in [3.8, 4) is 0 Å². The summed E-state index contributed by atoms with van der Waals surface area (Å²) in [5.41, 5.74) is 0. The number of nitrogens with one attached hydrogen (secondary N) is 1. The van der Waals surface area contributed by atoms with Gasteiger partial charge in [-0.1, -0.05) is 0 Å². The molecule has 2 unspecified atom stereocenters. The monoisotopic (exact) mass is 267 g/mol. The molecule has 1 amide bonds. The average Bonchev–Trinajstić information content (AvgIpc) is 2.45. The summed E-state index contributed by atoms with van der Waals surface area (Å²) in [6.45, 7) is 7.04. The normalized spacial score (nSPS) is 27.3. The predicted molar refractivity (Wildman–Crippen MR) is 78.1 cm³/mol. The lowest BCUT2D eigenvalue weighted by Gasteiger charge is -2.34. The molecule has 2 rings (SSSR count). The predicted octanol–water partition coefficient (Wildman–Crippen LogP) is 1.32. The maximum atomic E-state index is 12.1. The Morgan fingerprint density at radius 3 is 2.63 bits per heavy atom. The van der Waals surface area contributed by atoms with E-state index in [0.717, 1.165) is 19.6 Å². The topological polar surface area (TPSA) is 35.6 Å². The Balaban J connectivity index is 1.70. The van der Waals surface area contributed by atoms with E-state index >= 15 is 0 Å². The zero-order valence-corrected chi connectivity index (χ0v) is 12.5. The second-order valence-electron chi connectivity index (χ2n) is 6.28. The molecular formula is C15H29N3O. The fourth-order valence-electron chi connectivity index (χ4n) is 3.28. The van der Waals surface area contributed by atoms with Gasteiger partial charge >= 0.3 is 0 Å². The molecule has 2 aliphatic heterocycles. The molecule has 0 aromatic heterocycles. The molecule has 2 heterocycles. The third-order valence-electron chi connectivity index (χ3n) is 4.65. The van der Waals surface area contributed by atoms with Crippen LogP contribution in [-0.2, 0) is 4.79 Å². The van der Waals surface area contributed by atoms with Gasteiger partial charge < -0.3 is 15.1 Å². The van der Waals surface area contributed by atoms with Crippen LogP contribution in [-0.4, -0.2) is 61.5 Å². The summed E-state index contributed by atoms with van der Waals surface area (Å²) in [6, 6.07) is 0.441. The molecule has 4 heteroatoms. The number of rotatable bonds is 4. The first kappa shape index (κ1) is 14.8. The number of likely N-dealkylation sites (tertiary alicyclic amines) is 2. The summed E-state index contributed by atoms with van der Waals surface area (Å²) in [5, 5.41) is 3.45. The van der Waals surface area contributed by atoms with Gasteiger partial charge in [0.1, 0.15) is 0 Å². The van der Waals surface area contributed by atoms with E-state index in [1.807, 2.05) is 4.90 Å². The molecule has 0 aromatic carbocycles. The van der Waals surface area contributed by atoms with E-state index in [2.05, 4.69) is 24.2 Å². The van der Waals surface area contributed by atoms with Crippen LogP contribution in [0.4, 0.5) is 0 Å². The molecule has 1 N–H and O–H groups in total. The Hall–Kier alpha value is -0.610. The van der Waals surface area contributed by atoms with Gasteiger partial charge in [0.15, 0.2) is 0 Å². The minimum absolute atomic E-state index is 0.288. The number of hydrogen-bond donors (Lipinski definition) is 1. The van der Waals surface area contributed by atoms with E-state index in [0.29, 0.717) is 18.5 Å². The summed E-state index contributed by atoms with van der Waals surface area (Å²) in [5.74, 6) is 0.976. The van der Waals surface area contributed by atoms with Crippen molar-refractivity contribution in [3.05, 3.63) is 0 Å². The highest BCUT2D eigenvalue weighted by molar-refractivity contribution is 5.78. The van der Waals surface area contributed by atoms with Crippen molar-refractivity contribution in [2.75, 3.05) is 39.8 Å². The van der Waals surface area contributed by atoms with Crippen LogP contribution >= 0.6 is 0 Å². The van der Waals surface area contributed by atoms with Crippen LogP contribution in [0.2, 0.25) is 0 Å². The summed E-state index contributed by atoms with van der Waals surface area (Å²) < 4.78 is 0. The highest BCUT2D eigenvalue weighted by atomic mass is 16.2. The summed E-state index contributed by atoms with van der Waals surface area (Å²) >= 11 is 0. The lowest BCUT2D eigenvalue weighted by atomic mass is 9.92.